The summed E-state index contributed by atoms with van der Waals surface area (Å²) in [5, 5.41) is 6.11. The molecule has 0 aliphatic heterocycles. The van der Waals surface area contributed by atoms with Crippen LogP contribution in [0.4, 0.5) is 0 Å². The summed E-state index contributed by atoms with van der Waals surface area (Å²) in [6.45, 7) is 7.17. The quantitative estimate of drug-likeness (QED) is 0.760. The van der Waals surface area contributed by atoms with E-state index in [0.717, 1.165) is 19.4 Å². The molecule has 1 aromatic rings. The van der Waals surface area contributed by atoms with Crippen molar-refractivity contribution < 1.29 is 4.79 Å². The highest BCUT2D eigenvalue weighted by Crippen LogP contribution is 2.11. The van der Waals surface area contributed by atoms with Crippen LogP contribution < -0.4 is 10.6 Å². The lowest BCUT2D eigenvalue weighted by Crippen LogP contribution is -2.34. The van der Waals surface area contributed by atoms with Gasteiger partial charge in [0.2, 0.25) is 5.91 Å². The van der Waals surface area contributed by atoms with Gasteiger partial charge in [0, 0.05) is 12.5 Å². The molecule has 2 N–H and O–H groups in total. The highest BCUT2D eigenvalue weighted by molar-refractivity contribution is 5.85. The molecule has 0 saturated heterocycles. The molecular weight excluding hydrogens is 272 g/mol. The van der Waals surface area contributed by atoms with Gasteiger partial charge in [0.25, 0.3) is 0 Å². The minimum absolute atomic E-state index is 0. The number of rotatable bonds is 7. The fourth-order valence-corrected chi connectivity index (χ4v) is 2.36. The molecule has 0 bridgehead atoms. The summed E-state index contributed by atoms with van der Waals surface area (Å²) in [5.74, 6) is 0.145. The molecule has 0 spiro atoms. The van der Waals surface area contributed by atoms with E-state index in [4.69, 9.17) is 0 Å². The van der Waals surface area contributed by atoms with E-state index in [1.165, 1.54) is 16.7 Å². The highest BCUT2D eigenvalue weighted by Gasteiger charge is 2.08. The first-order valence-electron chi connectivity index (χ1n) is 7.02. The molecule has 0 aliphatic carbocycles. The Labute approximate surface area is 128 Å². The van der Waals surface area contributed by atoms with Gasteiger partial charge >= 0.3 is 0 Å². The number of hydrogen-bond donors (Lipinski definition) is 2. The summed E-state index contributed by atoms with van der Waals surface area (Å²) >= 11 is 0. The molecule has 0 saturated carbocycles. The van der Waals surface area contributed by atoms with Gasteiger partial charge in [-0.15, -0.1) is 12.4 Å². The number of carbonyl (C=O) groups is 1. The lowest BCUT2D eigenvalue weighted by Gasteiger charge is -2.15. The number of aryl methyl sites for hydroxylation is 2. The molecule has 4 heteroatoms. The van der Waals surface area contributed by atoms with Crippen LogP contribution in [0, 0.1) is 13.8 Å². The largest absolute Gasteiger partial charge is 0.353 e. The monoisotopic (exact) mass is 298 g/mol. The molecule has 114 valence electrons. The molecule has 0 radical (unpaired) electrons. The van der Waals surface area contributed by atoms with Crippen LogP contribution in [0.1, 0.15) is 36.5 Å². The van der Waals surface area contributed by atoms with Crippen LogP contribution in [0.15, 0.2) is 18.2 Å². The summed E-state index contributed by atoms with van der Waals surface area (Å²) in [5.41, 5.74) is 3.85. The van der Waals surface area contributed by atoms with Crippen molar-refractivity contribution in [2.75, 3.05) is 13.6 Å². The SMILES string of the molecule is CNCCCC(=O)NC(C)Cc1cc(C)cc(C)c1.Cl. The Bertz CT molecular complexity index is 401. The Morgan fingerprint density at radius 1 is 1.20 bits per heavy atom. The number of nitrogens with one attached hydrogen (secondary N) is 2. The Morgan fingerprint density at radius 3 is 2.35 bits per heavy atom. The second-order valence-electron chi connectivity index (χ2n) is 5.38. The molecule has 1 rings (SSSR count). The normalized spacial score (nSPS) is 11.6. The molecule has 0 fully saturated rings. The minimum Gasteiger partial charge on any atom is -0.353 e. The number of amides is 1. The molecule has 20 heavy (non-hydrogen) atoms. The average molecular weight is 299 g/mol. The van der Waals surface area contributed by atoms with Crippen molar-refractivity contribution in [3.05, 3.63) is 34.9 Å². The lowest BCUT2D eigenvalue weighted by atomic mass is 10.0. The lowest BCUT2D eigenvalue weighted by molar-refractivity contribution is -0.121. The van der Waals surface area contributed by atoms with Gasteiger partial charge < -0.3 is 10.6 Å². The maximum atomic E-state index is 11.7. The van der Waals surface area contributed by atoms with Gasteiger partial charge in [0.1, 0.15) is 0 Å². The smallest absolute Gasteiger partial charge is 0.220 e. The first kappa shape index (κ1) is 18.9. The van der Waals surface area contributed by atoms with E-state index >= 15 is 0 Å². The first-order chi connectivity index (χ1) is 9.01. The van der Waals surface area contributed by atoms with Gasteiger partial charge in [0.15, 0.2) is 0 Å². The summed E-state index contributed by atoms with van der Waals surface area (Å²) in [6.07, 6.45) is 2.37. The van der Waals surface area contributed by atoms with E-state index in [9.17, 15) is 4.79 Å². The van der Waals surface area contributed by atoms with Crippen LogP contribution in [-0.2, 0) is 11.2 Å². The van der Waals surface area contributed by atoms with Gasteiger partial charge in [-0.3, -0.25) is 4.79 Å². The average Bonchev–Trinajstić information content (AvgIpc) is 2.27. The summed E-state index contributed by atoms with van der Waals surface area (Å²) in [6, 6.07) is 6.74. The fraction of sp³-hybridized carbons (Fsp3) is 0.562. The summed E-state index contributed by atoms with van der Waals surface area (Å²) < 4.78 is 0. The van der Waals surface area contributed by atoms with Crippen molar-refractivity contribution in [2.24, 2.45) is 0 Å². The predicted molar refractivity (Wildman–Crippen MR) is 87.6 cm³/mol. The van der Waals surface area contributed by atoms with E-state index in [-0.39, 0.29) is 24.4 Å². The van der Waals surface area contributed by atoms with Gasteiger partial charge in [0.05, 0.1) is 0 Å². The molecule has 0 aliphatic rings. The van der Waals surface area contributed by atoms with Crippen molar-refractivity contribution in [1.29, 1.82) is 0 Å². The van der Waals surface area contributed by atoms with E-state index in [0.29, 0.717) is 6.42 Å². The Morgan fingerprint density at radius 2 is 1.80 bits per heavy atom. The van der Waals surface area contributed by atoms with Crippen LogP contribution >= 0.6 is 12.4 Å². The van der Waals surface area contributed by atoms with E-state index < -0.39 is 0 Å². The second kappa shape index (κ2) is 9.78. The second-order valence-corrected chi connectivity index (χ2v) is 5.38. The third-order valence-corrected chi connectivity index (χ3v) is 3.06. The van der Waals surface area contributed by atoms with Gasteiger partial charge in [-0.25, -0.2) is 0 Å². The third kappa shape index (κ3) is 7.51. The van der Waals surface area contributed by atoms with Crippen molar-refractivity contribution in [3.8, 4) is 0 Å². The van der Waals surface area contributed by atoms with Crippen molar-refractivity contribution in [2.45, 2.75) is 46.1 Å². The molecule has 0 heterocycles. The number of carbonyl (C=O) groups excluding carboxylic acids is 1. The first-order valence-corrected chi connectivity index (χ1v) is 7.02. The Balaban J connectivity index is 0.00000361. The number of hydrogen-bond acceptors (Lipinski definition) is 2. The molecule has 1 amide bonds. The van der Waals surface area contributed by atoms with Crippen LogP contribution in [0.5, 0.6) is 0 Å². The molecule has 1 unspecified atom stereocenters. The molecule has 0 aromatic heterocycles. The molecule has 1 aromatic carbocycles. The van der Waals surface area contributed by atoms with Crippen LogP contribution in [0.3, 0.4) is 0 Å². The molecule has 1 atom stereocenters. The Hall–Kier alpha value is -1.06. The fourth-order valence-electron chi connectivity index (χ4n) is 2.36. The maximum absolute atomic E-state index is 11.7. The summed E-state index contributed by atoms with van der Waals surface area (Å²) in [4.78, 5) is 11.7. The van der Waals surface area contributed by atoms with Crippen LogP contribution in [0.25, 0.3) is 0 Å². The van der Waals surface area contributed by atoms with E-state index in [1.807, 2.05) is 7.05 Å². The predicted octanol–water partition coefficient (Wildman–Crippen LogP) is 2.77. The van der Waals surface area contributed by atoms with Crippen LogP contribution in [-0.4, -0.2) is 25.5 Å². The van der Waals surface area contributed by atoms with Gasteiger partial charge in [-0.1, -0.05) is 29.3 Å². The van der Waals surface area contributed by atoms with E-state index in [1.54, 1.807) is 0 Å². The highest BCUT2D eigenvalue weighted by atomic mass is 35.5. The molecule has 3 nitrogen and oxygen atoms in total. The number of halogens is 1. The number of benzene rings is 1. The van der Waals surface area contributed by atoms with Crippen molar-refractivity contribution in [3.63, 3.8) is 0 Å². The van der Waals surface area contributed by atoms with Gasteiger partial charge in [-0.2, -0.15) is 0 Å². The van der Waals surface area contributed by atoms with E-state index in [2.05, 4.69) is 49.6 Å². The zero-order valence-electron chi connectivity index (χ0n) is 13.0. The Kier molecular flexibility index (Phi) is 9.26. The third-order valence-electron chi connectivity index (χ3n) is 3.06. The van der Waals surface area contributed by atoms with Crippen molar-refractivity contribution in [1.82, 2.24) is 10.6 Å². The zero-order chi connectivity index (χ0) is 14.3. The minimum atomic E-state index is 0. The molecular formula is C16H27ClN2O. The summed E-state index contributed by atoms with van der Waals surface area (Å²) in [7, 11) is 1.90. The van der Waals surface area contributed by atoms with Crippen molar-refractivity contribution >= 4 is 18.3 Å². The maximum Gasteiger partial charge on any atom is 0.220 e. The topological polar surface area (TPSA) is 41.1 Å². The zero-order valence-corrected chi connectivity index (χ0v) is 13.8. The standard InChI is InChI=1S/C16H26N2O.ClH/c1-12-8-13(2)10-15(9-12)11-14(3)18-16(19)6-5-7-17-4;/h8-10,14,17H,5-7,11H2,1-4H3,(H,18,19);1H. The van der Waals surface area contributed by atoms with Crippen LogP contribution in [0.2, 0.25) is 0 Å². The van der Waals surface area contributed by atoms with Gasteiger partial charge in [-0.05, 0) is 52.8 Å².